The zero-order valence-corrected chi connectivity index (χ0v) is 10.7. The van der Waals surface area contributed by atoms with Crippen molar-refractivity contribution in [3.05, 3.63) is 23.8 Å². The predicted octanol–water partition coefficient (Wildman–Crippen LogP) is 2.49. The van der Waals surface area contributed by atoms with Crippen LogP contribution in [0, 0.1) is 11.3 Å². The topological polar surface area (TPSA) is 55.5 Å². The minimum Gasteiger partial charge on any atom is -0.504 e. The SMILES string of the molecule is CCOc1cccc([C@@H]2[C@@H](CN)C2(C)C)c1O. The second-order valence-electron chi connectivity index (χ2n) is 5.27. The van der Waals surface area contributed by atoms with Crippen LogP contribution >= 0.6 is 0 Å². The fourth-order valence-corrected chi connectivity index (χ4v) is 2.86. The summed E-state index contributed by atoms with van der Waals surface area (Å²) in [7, 11) is 0. The van der Waals surface area contributed by atoms with Crippen molar-refractivity contribution in [3.63, 3.8) is 0 Å². The molecular weight excluding hydrogens is 214 g/mol. The zero-order chi connectivity index (χ0) is 12.6. The van der Waals surface area contributed by atoms with E-state index in [0.717, 1.165) is 5.56 Å². The van der Waals surface area contributed by atoms with Crippen LogP contribution in [0.1, 0.15) is 32.3 Å². The molecule has 1 aliphatic rings. The van der Waals surface area contributed by atoms with Gasteiger partial charge in [-0.05, 0) is 36.8 Å². The largest absolute Gasteiger partial charge is 0.504 e. The quantitative estimate of drug-likeness (QED) is 0.843. The molecule has 0 bridgehead atoms. The number of aromatic hydroxyl groups is 1. The van der Waals surface area contributed by atoms with Crippen molar-refractivity contribution in [1.82, 2.24) is 0 Å². The molecule has 2 rings (SSSR count). The average Bonchev–Trinajstić information content (AvgIpc) is 2.84. The van der Waals surface area contributed by atoms with Gasteiger partial charge in [-0.25, -0.2) is 0 Å². The number of hydrogen-bond donors (Lipinski definition) is 2. The molecule has 1 aromatic rings. The zero-order valence-electron chi connectivity index (χ0n) is 10.7. The van der Waals surface area contributed by atoms with E-state index in [1.54, 1.807) is 6.07 Å². The van der Waals surface area contributed by atoms with E-state index < -0.39 is 0 Å². The number of phenols is 1. The number of ether oxygens (including phenoxy) is 1. The van der Waals surface area contributed by atoms with Gasteiger partial charge in [0.15, 0.2) is 11.5 Å². The van der Waals surface area contributed by atoms with E-state index in [-0.39, 0.29) is 11.2 Å². The highest BCUT2D eigenvalue weighted by Gasteiger charge is 2.58. The number of benzene rings is 1. The number of nitrogens with two attached hydrogens (primary N) is 1. The maximum Gasteiger partial charge on any atom is 0.161 e. The van der Waals surface area contributed by atoms with Crippen LogP contribution in [0.2, 0.25) is 0 Å². The summed E-state index contributed by atoms with van der Waals surface area (Å²) in [6.07, 6.45) is 0. The van der Waals surface area contributed by atoms with Crippen LogP contribution in [-0.4, -0.2) is 18.3 Å². The van der Waals surface area contributed by atoms with Crippen molar-refractivity contribution in [1.29, 1.82) is 0 Å². The standard InChI is InChI=1S/C14H21NO2/c1-4-17-11-7-5-6-9(13(11)16)12-10(8-15)14(12,2)3/h5-7,10,12,16H,4,8,15H2,1-3H3/t10-,12-/m1/s1. The van der Waals surface area contributed by atoms with E-state index in [2.05, 4.69) is 13.8 Å². The van der Waals surface area contributed by atoms with Gasteiger partial charge in [0.1, 0.15) is 0 Å². The molecule has 2 atom stereocenters. The molecule has 1 aliphatic carbocycles. The predicted molar refractivity (Wildman–Crippen MR) is 68.3 cm³/mol. The third-order valence-corrected chi connectivity index (χ3v) is 3.97. The Labute approximate surface area is 103 Å². The van der Waals surface area contributed by atoms with Crippen LogP contribution in [0.3, 0.4) is 0 Å². The molecule has 3 heteroatoms. The highest BCUT2D eigenvalue weighted by atomic mass is 16.5. The second-order valence-corrected chi connectivity index (χ2v) is 5.27. The maximum atomic E-state index is 10.2. The summed E-state index contributed by atoms with van der Waals surface area (Å²) >= 11 is 0. The minimum absolute atomic E-state index is 0.178. The molecule has 0 heterocycles. The summed E-state index contributed by atoms with van der Waals surface area (Å²) in [4.78, 5) is 0. The molecule has 0 radical (unpaired) electrons. The normalized spacial score (nSPS) is 25.6. The van der Waals surface area contributed by atoms with Gasteiger partial charge in [0.25, 0.3) is 0 Å². The Morgan fingerprint density at radius 2 is 2.12 bits per heavy atom. The Kier molecular flexibility index (Phi) is 3.04. The fraction of sp³-hybridized carbons (Fsp3) is 0.571. The molecular formula is C14H21NO2. The van der Waals surface area contributed by atoms with Crippen LogP contribution in [-0.2, 0) is 0 Å². The first-order valence-corrected chi connectivity index (χ1v) is 6.18. The lowest BCUT2D eigenvalue weighted by Crippen LogP contribution is -2.05. The highest BCUT2D eigenvalue weighted by molar-refractivity contribution is 5.50. The van der Waals surface area contributed by atoms with Gasteiger partial charge in [-0.1, -0.05) is 26.0 Å². The number of hydrogen-bond acceptors (Lipinski definition) is 3. The third-order valence-electron chi connectivity index (χ3n) is 3.97. The minimum atomic E-state index is 0.178. The van der Waals surface area contributed by atoms with E-state index >= 15 is 0 Å². The van der Waals surface area contributed by atoms with Crippen molar-refractivity contribution in [2.45, 2.75) is 26.7 Å². The molecule has 17 heavy (non-hydrogen) atoms. The van der Waals surface area contributed by atoms with Gasteiger partial charge in [0.05, 0.1) is 6.61 Å². The lowest BCUT2D eigenvalue weighted by molar-refractivity contribution is 0.316. The Bertz CT molecular complexity index is 415. The summed E-state index contributed by atoms with van der Waals surface area (Å²) in [6.45, 7) is 7.53. The Balaban J connectivity index is 2.32. The Hall–Kier alpha value is -1.22. The van der Waals surface area contributed by atoms with E-state index in [0.29, 0.717) is 30.7 Å². The van der Waals surface area contributed by atoms with E-state index in [9.17, 15) is 5.11 Å². The highest BCUT2D eigenvalue weighted by Crippen LogP contribution is 2.65. The molecule has 1 saturated carbocycles. The summed E-state index contributed by atoms with van der Waals surface area (Å²) < 4.78 is 5.41. The molecule has 3 nitrogen and oxygen atoms in total. The van der Waals surface area contributed by atoms with Crippen LogP contribution in [0.4, 0.5) is 0 Å². The molecule has 0 spiro atoms. The first-order valence-electron chi connectivity index (χ1n) is 6.18. The molecule has 0 unspecified atom stereocenters. The van der Waals surface area contributed by atoms with Crippen molar-refractivity contribution in [2.24, 2.45) is 17.1 Å². The maximum absolute atomic E-state index is 10.2. The lowest BCUT2D eigenvalue weighted by Gasteiger charge is -2.11. The van der Waals surface area contributed by atoms with Crippen molar-refractivity contribution >= 4 is 0 Å². The summed E-state index contributed by atoms with van der Waals surface area (Å²) in [5.41, 5.74) is 6.92. The van der Waals surface area contributed by atoms with Gasteiger partial charge in [-0.15, -0.1) is 0 Å². The van der Waals surface area contributed by atoms with E-state index in [4.69, 9.17) is 10.5 Å². The third kappa shape index (κ3) is 1.89. The molecule has 0 saturated heterocycles. The number of phenolic OH excluding ortho intramolecular Hbond substituents is 1. The molecule has 1 aromatic carbocycles. The van der Waals surface area contributed by atoms with Crippen LogP contribution in [0.5, 0.6) is 11.5 Å². The van der Waals surface area contributed by atoms with E-state index in [1.807, 2.05) is 19.1 Å². The monoisotopic (exact) mass is 235 g/mol. The average molecular weight is 235 g/mol. The lowest BCUT2D eigenvalue weighted by atomic mass is 10.0. The van der Waals surface area contributed by atoms with Gasteiger partial charge in [0.2, 0.25) is 0 Å². The molecule has 3 N–H and O–H groups in total. The van der Waals surface area contributed by atoms with Gasteiger partial charge in [0, 0.05) is 5.56 Å². The van der Waals surface area contributed by atoms with Crippen molar-refractivity contribution in [2.75, 3.05) is 13.2 Å². The summed E-state index contributed by atoms with van der Waals surface area (Å²) in [5.74, 6) is 1.64. The van der Waals surface area contributed by atoms with Crippen molar-refractivity contribution in [3.8, 4) is 11.5 Å². The second kappa shape index (κ2) is 4.22. The molecule has 0 amide bonds. The molecule has 0 aliphatic heterocycles. The van der Waals surface area contributed by atoms with Crippen LogP contribution in [0.15, 0.2) is 18.2 Å². The smallest absolute Gasteiger partial charge is 0.161 e. The van der Waals surface area contributed by atoms with E-state index in [1.165, 1.54) is 0 Å². The number of para-hydroxylation sites is 1. The van der Waals surface area contributed by atoms with Crippen LogP contribution < -0.4 is 10.5 Å². The first-order chi connectivity index (χ1) is 8.04. The van der Waals surface area contributed by atoms with Gasteiger partial charge in [-0.2, -0.15) is 0 Å². The van der Waals surface area contributed by atoms with Gasteiger partial charge < -0.3 is 15.6 Å². The fourth-order valence-electron chi connectivity index (χ4n) is 2.86. The Morgan fingerprint density at radius 3 is 2.65 bits per heavy atom. The molecule has 1 fully saturated rings. The summed E-state index contributed by atoms with van der Waals surface area (Å²) in [6, 6.07) is 5.71. The van der Waals surface area contributed by atoms with Crippen LogP contribution in [0.25, 0.3) is 0 Å². The Morgan fingerprint density at radius 1 is 1.41 bits per heavy atom. The van der Waals surface area contributed by atoms with Crippen molar-refractivity contribution < 1.29 is 9.84 Å². The van der Waals surface area contributed by atoms with Gasteiger partial charge >= 0.3 is 0 Å². The molecule has 0 aromatic heterocycles. The van der Waals surface area contributed by atoms with Gasteiger partial charge in [-0.3, -0.25) is 0 Å². The first kappa shape index (κ1) is 12.2. The molecule has 94 valence electrons. The number of rotatable bonds is 4. The summed E-state index contributed by atoms with van der Waals surface area (Å²) in [5, 5.41) is 10.2.